The number of nitrogens with zero attached hydrogens (tertiary/aromatic N) is 7. The van der Waals surface area contributed by atoms with Crippen LogP contribution < -0.4 is 21.3 Å². The van der Waals surface area contributed by atoms with Crippen LogP contribution in [0.4, 0.5) is 0 Å². The van der Waals surface area contributed by atoms with Crippen LogP contribution in [0.2, 0.25) is 0 Å². The fourth-order valence-electron chi connectivity index (χ4n) is 11.7. The molecular formula is C64H113N11O12. The number of fused-ring (bicyclic) bond motifs is 2. The second kappa shape index (κ2) is 34.6. The fraction of sp³-hybridized carbons (Fsp3) is 0.797. The molecule has 2 saturated heterocycles. The minimum absolute atomic E-state index is 0.0374. The van der Waals surface area contributed by atoms with Crippen molar-refractivity contribution in [3.8, 4) is 0 Å². The van der Waals surface area contributed by atoms with Crippen LogP contribution in [0, 0.1) is 41.4 Å². The van der Waals surface area contributed by atoms with Crippen molar-refractivity contribution >= 4 is 65.0 Å². The number of hydrogen-bond donors (Lipinski definition) is 5. The second-order valence-corrected chi connectivity index (χ2v) is 27.0. The van der Waals surface area contributed by atoms with E-state index in [0.29, 0.717) is 12.8 Å². The molecule has 0 unspecified atom stereocenters. The van der Waals surface area contributed by atoms with Crippen molar-refractivity contribution in [1.82, 2.24) is 55.6 Å². The lowest BCUT2D eigenvalue weighted by molar-refractivity contribution is -0.157. The monoisotopic (exact) mass is 1230 g/mol. The van der Waals surface area contributed by atoms with Gasteiger partial charge in [0.1, 0.15) is 66.5 Å². The Morgan fingerprint density at radius 2 is 0.920 bits per heavy atom. The summed E-state index contributed by atoms with van der Waals surface area (Å²) in [7, 11) is 8.63. The van der Waals surface area contributed by atoms with Gasteiger partial charge in [-0.25, -0.2) is 0 Å². The number of aliphatic hydroxyl groups is 1. The average Bonchev–Trinajstić information content (AvgIpc) is 1.12. The van der Waals surface area contributed by atoms with Gasteiger partial charge in [-0.05, 0) is 114 Å². The molecule has 13 atom stereocenters. The molecule has 0 aromatic rings. The molecule has 23 nitrogen and oxygen atoms in total. The molecule has 87 heavy (non-hydrogen) atoms. The number of rotatable bonds is 15. The number of amides is 11. The maximum absolute atomic E-state index is 15.2. The molecule has 0 aromatic carbocycles. The van der Waals surface area contributed by atoms with E-state index in [0.717, 1.165) is 4.90 Å². The summed E-state index contributed by atoms with van der Waals surface area (Å²) >= 11 is 0. The fourth-order valence-corrected chi connectivity index (χ4v) is 11.7. The van der Waals surface area contributed by atoms with Gasteiger partial charge >= 0.3 is 0 Å². The van der Waals surface area contributed by atoms with Gasteiger partial charge in [-0.2, -0.15) is 0 Å². The van der Waals surface area contributed by atoms with Crippen LogP contribution >= 0.6 is 0 Å². The normalized spacial score (nSPS) is 28.0. The van der Waals surface area contributed by atoms with Crippen molar-refractivity contribution < 1.29 is 57.8 Å². The van der Waals surface area contributed by atoms with Gasteiger partial charge < -0.3 is 60.7 Å². The highest BCUT2D eigenvalue weighted by Gasteiger charge is 2.47. The Morgan fingerprint density at radius 1 is 0.471 bits per heavy atom. The molecule has 2 aliphatic heterocycles. The maximum atomic E-state index is 15.2. The third-order valence-electron chi connectivity index (χ3n) is 17.1. The summed E-state index contributed by atoms with van der Waals surface area (Å²) in [6.45, 7) is 30.3. The lowest BCUT2D eigenvalue weighted by Gasteiger charge is -2.42. The Bertz CT molecular complexity index is 2410. The molecule has 2 rings (SSSR count). The van der Waals surface area contributed by atoms with Gasteiger partial charge in [-0.1, -0.05) is 109 Å². The first-order valence-corrected chi connectivity index (χ1v) is 31.7. The van der Waals surface area contributed by atoms with E-state index in [1.54, 1.807) is 47.6 Å². The average molecular weight is 1230 g/mol. The van der Waals surface area contributed by atoms with Gasteiger partial charge in [0.05, 0.1) is 6.10 Å². The molecule has 2 heterocycles. The van der Waals surface area contributed by atoms with E-state index in [4.69, 9.17) is 0 Å². The lowest BCUT2D eigenvalue weighted by Crippen LogP contribution is -2.64. The molecule has 0 aliphatic carbocycles. The first kappa shape index (κ1) is 77.0. The Labute approximate surface area is 520 Å². The zero-order valence-corrected chi connectivity index (χ0v) is 57.1. The van der Waals surface area contributed by atoms with Crippen LogP contribution in [0.5, 0.6) is 0 Å². The minimum Gasteiger partial charge on any atom is -0.390 e. The number of nitrogens with one attached hydrogen (secondary N) is 4. The van der Waals surface area contributed by atoms with Gasteiger partial charge in [-0.3, -0.25) is 52.7 Å². The maximum Gasteiger partial charge on any atom is 0.246 e. The molecule has 2 aliphatic rings. The molecule has 5 N–H and O–H groups in total. The summed E-state index contributed by atoms with van der Waals surface area (Å²) in [5.74, 6) is -9.38. The molecule has 0 radical (unpaired) electrons. The van der Waals surface area contributed by atoms with Crippen molar-refractivity contribution in [3.05, 3.63) is 12.2 Å². The van der Waals surface area contributed by atoms with Crippen LogP contribution in [0.15, 0.2) is 12.2 Å². The zero-order chi connectivity index (χ0) is 67.0. The molecule has 496 valence electrons. The standard InChI is InChI=1S/C64H113N11O12/c1-24-26-28-41(15)53(76)52-57(80)67-44(25-2)59(82)69(18)45-29-27-30-75(62(45)85)47(32-36(5)6)56(79)68-50(39(11)12)63(86)70(19)46(31-35(3)4)55(78)65-42(16)54(77)66-43(17)58(81)71(20)48(33-37(7)8)60(83)72(21)49(34-38(9)10)61(84)73(22)51(40(13)14)64(87)74(52)23/h24,26,35-53,76H,25,27-34H2,1-23H3,(H,65,78)(H,66,77)(H,67,80)(H,68,79)/b26-24+/t41-,42+,43-,44+,45+,46+,47+,48+,49+,50+,51+,52+,53-/m1/s1. The molecule has 0 aromatic heterocycles. The Balaban J connectivity index is 3.01. The van der Waals surface area contributed by atoms with Gasteiger partial charge in [0.25, 0.3) is 0 Å². The largest absolute Gasteiger partial charge is 0.390 e. The van der Waals surface area contributed by atoms with Crippen molar-refractivity contribution in [2.24, 2.45) is 41.4 Å². The summed E-state index contributed by atoms with van der Waals surface area (Å²) in [5.41, 5.74) is 0. The van der Waals surface area contributed by atoms with E-state index >= 15 is 9.59 Å². The molecule has 0 saturated carbocycles. The smallest absolute Gasteiger partial charge is 0.246 e. The van der Waals surface area contributed by atoms with E-state index < -0.39 is 155 Å². The molecule has 2 fully saturated rings. The van der Waals surface area contributed by atoms with Gasteiger partial charge in [-0.15, -0.1) is 0 Å². The van der Waals surface area contributed by atoms with Crippen LogP contribution in [0.1, 0.15) is 169 Å². The molecule has 0 spiro atoms. The van der Waals surface area contributed by atoms with E-state index in [9.17, 15) is 48.3 Å². The second-order valence-electron chi connectivity index (χ2n) is 27.0. The highest BCUT2D eigenvalue weighted by atomic mass is 16.3. The first-order chi connectivity index (χ1) is 40.3. The summed E-state index contributed by atoms with van der Waals surface area (Å²) in [5, 5.41) is 23.3. The van der Waals surface area contributed by atoms with Crippen LogP contribution in [0.25, 0.3) is 0 Å². The lowest BCUT2D eigenvalue weighted by atomic mass is 9.91. The van der Waals surface area contributed by atoms with Crippen molar-refractivity contribution in [3.63, 3.8) is 0 Å². The molecule has 23 heteroatoms. The highest BCUT2D eigenvalue weighted by Crippen LogP contribution is 2.27. The summed E-state index contributed by atoms with van der Waals surface area (Å²) in [4.78, 5) is 171. The van der Waals surface area contributed by atoms with E-state index in [1.165, 1.54) is 85.5 Å². The third-order valence-corrected chi connectivity index (χ3v) is 17.1. The summed E-state index contributed by atoms with van der Waals surface area (Å²) in [6.07, 6.45) is 3.76. The SMILES string of the molecule is C/C=C/C[C@@H](C)[C@@H](O)[C@H]1C(=O)N[C@@H](CC)C(=O)N(C)[C@H]2CCCN(C2=O)[C@@H](CC(C)C)C(=O)N[C@@H](C(C)C)C(=O)N(C)[C@@H](CC(C)C)C(=O)N[C@@H](C)C(=O)N[C@H](C)C(=O)N(C)[C@@H](CC(C)C)C(=O)N(C)[C@@H](CC(C)C)C(=O)N(C)[C@@H](C(C)C)C(=O)N1C. The quantitative estimate of drug-likeness (QED) is 0.147. The number of aliphatic hydroxyl groups excluding tert-OH is 1. The Kier molecular flexibility index (Phi) is 30.6. The molecule has 11 amide bonds. The number of piperidine rings is 1. The number of hydrogen-bond acceptors (Lipinski definition) is 12. The van der Waals surface area contributed by atoms with Crippen molar-refractivity contribution in [1.29, 1.82) is 0 Å². The summed E-state index contributed by atoms with van der Waals surface area (Å²) in [6, 6.07) is -13.3. The highest BCUT2D eigenvalue weighted by molar-refractivity contribution is 6.00. The summed E-state index contributed by atoms with van der Waals surface area (Å²) < 4.78 is 0. The van der Waals surface area contributed by atoms with Crippen LogP contribution in [0.3, 0.4) is 0 Å². The number of allylic oxidation sites excluding steroid dienone is 2. The van der Waals surface area contributed by atoms with E-state index in [1.807, 2.05) is 68.4 Å². The Morgan fingerprint density at radius 3 is 1.40 bits per heavy atom. The van der Waals surface area contributed by atoms with E-state index in [-0.39, 0.29) is 68.7 Å². The van der Waals surface area contributed by atoms with Crippen LogP contribution in [-0.4, -0.2) is 226 Å². The number of likely N-dealkylation sites (N-methyl/N-ethyl adjacent to an activating group) is 6. The Hall–Kier alpha value is -6.13. The first-order valence-electron chi connectivity index (χ1n) is 31.7. The van der Waals surface area contributed by atoms with Gasteiger partial charge in [0.2, 0.25) is 65.0 Å². The van der Waals surface area contributed by atoms with Crippen molar-refractivity contribution in [2.75, 3.05) is 48.8 Å². The van der Waals surface area contributed by atoms with Gasteiger partial charge in [0.15, 0.2) is 0 Å². The molecular weight excluding hydrogens is 1110 g/mol. The molecule has 2 bridgehead atoms. The van der Waals surface area contributed by atoms with Gasteiger partial charge in [0, 0.05) is 48.8 Å². The number of carbonyl (C=O) groups is 11. The minimum atomic E-state index is -1.61. The predicted molar refractivity (Wildman–Crippen MR) is 336 cm³/mol. The number of carbonyl (C=O) groups excluding carboxylic acids is 11. The van der Waals surface area contributed by atoms with Crippen molar-refractivity contribution in [2.45, 2.75) is 242 Å². The zero-order valence-electron chi connectivity index (χ0n) is 57.1. The third kappa shape index (κ3) is 20.5. The van der Waals surface area contributed by atoms with E-state index in [2.05, 4.69) is 21.3 Å². The van der Waals surface area contributed by atoms with Crippen LogP contribution in [-0.2, 0) is 52.7 Å². The topological polar surface area (TPSA) is 279 Å². The predicted octanol–water partition coefficient (Wildman–Crippen LogP) is 3.80.